The van der Waals surface area contributed by atoms with Crippen LogP contribution in [0.3, 0.4) is 0 Å². The van der Waals surface area contributed by atoms with E-state index >= 15 is 0 Å². The van der Waals surface area contributed by atoms with Crippen LogP contribution in [0, 0.1) is 11.8 Å². The molecule has 1 aliphatic rings. The second-order valence-electron chi connectivity index (χ2n) is 2.80. The molecule has 0 heterocycles. The molecule has 0 heteroatoms. The fraction of sp³-hybridized carbons (Fsp3) is 0.118. The van der Waals surface area contributed by atoms with Gasteiger partial charge in [0, 0.05) is 11.1 Å². The van der Waals surface area contributed by atoms with E-state index in [4.69, 9.17) is 0 Å². The number of hydrogen-bond donors (Lipinski definition) is 0. The van der Waals surface area contributed by atoms with Crippen molar-refractivity contribution in [1.82, 2.24) is 0 Å². The highest BCUT2D eigenvalue weighted by molar-refractivity contribution is 5.49. The van der Waals surface area contributed by atoms with Gasteiger partial charge in [0.1, 0.15) is 0 Å². The molecule has 0 N–H and O–H groups in total. The molecule has 0 aliphatic heterocycles. The summed E-state index contributed by atoms with van der Waals surface area (Å²) in [7, 11) is 0. The molecule has 0 saturated carbocycles. The zero-order valence-electron chi connectivity index (χ0n) is 10.5. The fourth-order valence-corrected chi connectivity index (χ4v) is 0.966. The van der Waals surface area contributed by atoms with Crippen molar-refractivity contribution in [2.45, 2.75) is 13.8 Å². The molecule has 0 amide bonds. The molecule has 1 aliphatic carbocycles. The highest BCUT2D eigenvalue weighted by atomic mass is 13.9. The molecule has 0 aromatic rings. The predicted octanol–water partition coefficient (Wildman–Crippen LogP) is 4.52. The summed E-state index contributed by atoms with van der Waals surface area (Å²) in [6.45, 7) is 11.3. The topological polar surface area (TPSA) is 0 Å². The lowest BCUT2D eigenvalue weighted by Crippen LogP contribution is -1.73. The van der Waals surface area contributed by atoms with Crippen LogP contribution < -0.4 is 0 Å². The van der Waals surface area contributed by atoms with Gasteiger partial charge in [-0.05, 0) is 24.3 Å². The lowest BCUT2D eigenvalue weighted by Gasteiger charge is -1.86. The van der Waals surface area contributed by atoms with Crippen molar-refractivity contribution in [3.63, 3.8) is 0 Å². The van der Waals surface area contributed by atoms with Gasteiger partial charge in [-0.2, -0.15) is 0 Å². The number of allylic oxidation sites excluding steroid dienone is 9. The standard InChI is InChI=1S/C15H12.C2H6/c1-3-9-14(4-2)12-13-15-10-7-5-6-8-11-15;1-2/h3-7,9-11H,1-2H2;1-2H3/b14-9+;. The minimum absolute atomic E-state index is 0.858. The van der Waals surface area contributed by atoms with Gasteiger partial charge in [0.2, 0.25) is 0 Å². The number of rotatable bonds is 2. The molecule has 17 heavy (non-hydrogen) atoms. The van der Waals surface area contributed by atoms with Crippen molar-refractivity contribution in [2.75, 3.05) is 0 Å². The third kappa shape index (κ3) is 6.79. The molecule has 86 valence electrons. The maximum Gasteiger partial charge on any atom is 0.0326 e. The first-order valence-corrected chi connectivity index (χ1v) is 5.63. The van der Waals surface area contributed by atoms with E-state index in [2.05, 4.69) is 30.7 Å². The van der Waals surface area contributed by atoms with E-state index in [0.29, 0.717) is 0 Å². The second-order valence-corrected chi connectivity index (χ2v) is 2.80. The molecule has 0 atom stereocenters. The summed E-state index contributed by atoms with van der Waals surface area (Å²) in [5.41, 5.74) is 4.78. The highest BCUT2D eigenvalue weighted by Crippen LogP contribution is 2.00. The summed E-state index contributed by atoms with van der Waals surface area (Å²) >= 11 is 0. The first kappa shape index (κ1) is 14.8. The van der Waals surface area contributed by atoms with Gasteiger partial charge in [-0.1, -0.05) is 63.2 Å². The Morgan fingerprint density at radius 1 is 1.29 bits per heavy atom. The first-order valence-electron chi connectivity index (χ1n) is 5.63. The molecule has 0 saturated heterocycles. The minimum Gasteiger partial charge on any atom is -0.120 e. The van der Waals surface area contributed by atoms with Gasteiger partial charge in [0.05, 0.1) is 0 Å². The molecule has 0 unspecified atom stereocenters. The van der Waals surface area contributed by atoms with E-state index in [0.717, 1.165) is 11.1 Å². The minimum atomic E-state index is 0.858. The summed E-state index contributed by atoms with van der Waals surface area (Å²) in [5.74, 6) is 6.03. The molecule has 0 bridgehead atoms. The van der Waals surface area contributed by atoms with Crippen LogP contribution in [0.2, 0.25) is 0 Å². The van der Waals surface area contributed by atoms with E-state index in [1.165, 1.54) is 0 Å². The van der Waals surface area contributed by atoms with E-state index in [1.54, 1.807) is 12.2 Å². The maximum atomic E-state index is 3.68. The quantitative estimate of drug-likeness (QED) is 0.366. The van der Waals surface area contributed by atoms with Gasteiger partial charge >= 0.3 is 0 Å². The number of hydrogen-bond acceptors (Lipinski definition) is 0. The van der Waals surface area contributed by atoms with Crippen molar-refractivity contribution in [2.24, 2.45) is 0 Å². The summed E-state index contributed by atoms with van der Waals surface area (Å²) in [6.07, 6.45) is 14.7. The second kappa shape index (κ2) is 10.3. The Labute approximate surface area is 105 Å². The molecule has 0 fully saturated rings. The molecule has 1 rings (SSSR count). The third-order valence-electron chi connectivity index (χ3n) is 1.69. The van der Waals surface area contributed by atoms with Gasteiger partial charge in [0.25, 0.3) is 0 Å². The highest BCUT2D eigenvalue weighted by Gasteiger charge is 1.85. The fourth-order valence-electron chi connectivity index (χ4n) is 0.966. The van der Waals surface area contributed by atoms with Crippen LogP contribution in [0.1, 0.15) is 13.8 Å². The van der Waals surface area contributed by atoms with Gasteiger partial charge < -0.3 is 0 Å². The zero-order chi connectivity index (χ0) is 12.9. The van der Waals surface area contributed by atoms with Crippen LogP contribution >= 0.6 is 0 Å². The van der Waals surface area contributed by atoms with Crippen LogP contribution in [0.4, 0.5) is 0 Å². The van der Waals surface area contributed by atoms with Crippen molar-refractivity contribution in [3.05, 3.63) is 78.6 Å². The van der Waals surface area contributed by atoms with Gasteiger partial charge in [-0.15, -0.1) is 5.73 Å². The van der Waals surface area contributed by atoms with Crippen molar-refractivity contribution >= 4 is 0 Å². The Kier molecular flexibility index (Phi) is 8.96. The first-order chi connectivity index (χ1) is 8.36. The van der Waals surface area contributed by atoms with Gasteiger partial charge in [0.15, 0.2) is 0 Å². The van der Waals surface area contributed by atoms with Crippen molar-refractivity contribution < 1.29 is 0 Å². The Balaban J connectivity index is 0.00000121. The Bertz CT molecular complexity index is 462. The van der Waals surface area contributed by atoms with Crippen LogP contribution in [-0.2, 0) is 0 Å². The average molecular weight is 222 g/mol. The monoisotopic (exact) mass is 222 g/mol. The molecule has 0 nitrogen and oxygen atoms in total. The van der Waals surface area contributed by atoms with Gasteiger partial charge in [-0.25, -0.2) is 0 Å². The summed E-state index contributed by atoms with van der Waals surface area (Å²) in [6, 6.07) is 0. The average Bonchev–Trinajstić information content (AvgIpc) is 2.65. The summed E-state index contributed by atoms with van der Waals surface area (Å²) in [4.78, 5) is 0. The molecular formula is C17H18. The molecule has 0 spiro atoms. The normalized spacial score (nSPS) is 12.4. The van der Waals surface area contributed by atoms with Crippen molar-refractivity contribution in [3.8, 4) is 11.8 Å². The van der Waals surface area contributed by atoms with Crippen molar-refractivity contribution in [1.29, 1.82) is 0 Å². The molecule has 0 aromatic heterocycles. The van der Waals surface area contributed by atoms with E-state index in [1.807, 2.05) is 50.3 Å². The predicted molar refractivity (Wildman–Crippen MR) is 77.5 cm³/mol. The van der Waals surface area contributed by atoms with E-state index < -0.39 is 0 Å². The SMILES string of the molecule is C=C/C=C(/C#CC1=CC=CC=C=C1)C=C.CC. The Hall–Kier alpha value is -2.22. The van der Waals surface area contributed by atoms with Crippen LogP contribution in [0.15, 0.2) is 78.6 Å². The zero-order valence-corrected chi connectivity index (χ0v) is 10.5. The summed E-state index contributed by atoms with van der Waals surface area (Å²) in [5, 5.41) is 0. The Morgan fingerprint density at radius 3 is 2.71 bits per heavy atom. The lowest BCUT2D eigenvalue weighted by molar-refractivity contribution is 1.50. The maximum absolute atomic E-state index is 3.68. The molecular weight excluding hydrogens is 204 g/mol. The lowest BCUT2D eigenvalue weighted by atomic mass is 10.2. The summed E-state index contributed by atoms with van der Waals surface area (Å²) < 4.78 is 0. The van der Waals surface area contributed by atoms with Crippen LogP contribution in [0.5, 0.6) is 0 Å². The van der Waals surface area contributed by atoms with Crippen LogP contribution in [-0.4, -0.2) is 0 Å². The smallest absolute Gasteiger partial charge is 0.0326 e. The van der Waals surface area contributed by atoms with Gasteiger partial charge in [-0.3, -0.25) is 0 Å². The van der Waals surface area contributed by atoms with E-state index in [-0.39, 0.29) is 0 Å². The molecule has 0 aromatic carbocycles. The third-order valence-corrected chi connectivity index (χ3v) is 1.69. The van der Waals surface area contributed by atoms with Crippen LogP contribution in [0.25, 0.3) is 0 Å². The largest absolute Gasteiger partial charge is 0.120 e. The Morgan fingerprint density at radius 2 is 2.06 bits per heavy atom. The van der Waals surface area contributed by atoms with E-state index in [9.17, 15) is 0 Å². The molecule has 0 radical (unpaired) electrons.